The van der Waals surface area contributed by atoms with Crippen molar-refractivity contribution >= 4 is 32.9 Å². The maximum Gasteiger partial charge on any atom is 0.182 e. The Balaban J connectivity index is 2.07. The number of rotatable bonds is 2. The molecule has 1 atom stereocenters. The Morgan fingerprint density at radius 1 is 1.44 bits per heavy atom. The Morgan fingerprint density at radius 2 is 2.38 bits per heavy atom. The molecule has 0 amide bonds. The number of hydrogen-bond acceptors (Lipinski definition) is 4. The van der Waals surface area contributed by atoms with Crippen molar-refractivity contribution < 1.29 is 0 Å². The van der Waals surface area contributed by atoms with Crippen molar-refractivity contribution in [3.8, 4) is 0 Å². The summed E-state index contributed by atoms with van der Waals surface area (Å²) in [6, 6.07) is 0.529. The summed E-state index contributed by atoms with van der Waals surface area (Å²) in [4.78, 5) is 18.1. The molecule has 3 rings (SSSR count). The molecule has 1 aliphatic heterocycles. The van der Waals surface area contributed by atoms with Crippen LogP contribution in [0.25, 0.3) is 11.2 Å². The topological polar surface area (TPSA) is 57.7 Å². The van der Waals surface area contributed by atoms with Gasteiger partial charge in [0.15, 0.2) is 11.5 Å². The SMILES string of the molecule is BrCC1CCCN1c1ncnc2nc[nH]c12. The van der Waals surface area contributed by atoms with Gasteiger partial charge in [0.2, 0.25) is 0 Å². The van der Waals surface area contributed by atoms with Crippen LogP contribution in [0.15, 0.2) is 12.7 Å². The fraction of sp³-hybridized carbons (Fsp3) is 0.500. The number of imidazole rings is 1. The second-order valence-corrected chi connectivity index (χ2v) is 4.59. The van der Waals surface area contributed by atoms with Crippen LogP contribution in [0.1, 0.15) is 12.8 Å². The number of alkyl halides is 1. The highest BCUT2D eigenvalue weighted by Crippen LogP contribution is 2.28. The van der Waals surface area contributed by atoms with E-state index in [1.54, 1.807) is 12.7 Å². The third kappa shape index (κ3) is 1.48. The third-order valence-electron chi connectivity index (χ3n) is 3.03. The van der Waals surface area contributed by atoms with E-state index in [1.165, 1.54) is 12.8 Å². The van der Waals surface area contributed by atoms with Crippen LogP contribution in [-0.4, -0.2) is 37.9 Å². The number of aromatic amines is 1. The molecule has 1 aliphatic rings. The van der Waals surface area contributed by atoms with Gasteiger partial charge in [0.1, 0.15) is 11.8 Å². The Bertz CT molecular complexity index is 497. The van der Waals surface area contributed by atoms with Crippen LogP contribution in [0.3, 0.4) is 0 Å². The minimum absolute atomic E-state index is 0.529. The molecule has 0 saturated carbocycles. The summed E-state index contributed by atoms with van der Waals surface area (Å²) in [5.41, 5.74) is 1.68. The zero-order valence-corrected chi connectivity index (χ0v) is 10.3. The van der Waals surface area contributed by atoms with Crippen LogP contribution >= 0.6 is 15.9 Å². The highest BCUT2D eigenvalue weighted by atomic mass is 79.9. The lowest BCUT2D eigenvalue weighted by Gasteiger charge is -2.24. The Hall–Kier alpha value is -1.17. The van der Waals surface area contributed by atoms with E-state index in [0.717, 1.165) is 28.9 Å². The molecule has 16 heavy (non-hydrogen) atoms. The minimum Gasteiger partial charge on any atom is -0.351 e. The number of nitrogens with one attached hydrogen (secondary N) is 1. The average molecular weight is 282 g/mol. The molecule has 0 bridgehead atoms. The smallest absolute Gasteiger partial charge is 0.182 e. The van der Waals surface area contributed by atoms with Crippen LogP contribution in [0.5, 0.6) is 0 Å². The van der Waals surface area contributed by atoms with Gasteiger partial charge in [-0.3, -0.25) is 0 Å². The van der Waals surface area contributed by atoms with Gasteiger partial charge in [-0.15, -0.1) is 0 Å². The van der Waals surface area contributed by atoms with Crippen molar-refractivity contribution in [2.75, 3.05) is 16.8 Å². The van der Waals surface area contributed by atoms with Gasteiger partial charge < -0.3 is 9.88 Å². The molecular weight excluding hydrogens is 270 g/mol. The second-order valence-electron chi connectivity index (χ2n) is 3.94. The minimum atomic E-state index is 0.529. The lowest BCUT2D eigenvalue weighted by atomic mass is 10.2. The number of aromatic nitrogens is 4. The van der Waals surface area contributed by atoms with Crippen molar-refractivity contribution in [2.45, 2.75) is 18.9 Å². The largest absolute Gasteiger partial charge is 0.351 e. The molecule has 1 fully saturated rings. The van der Waals surface area contributed by atoms with Crippen molar-refractivity contribution in [1.29, 1.82) is 0 Å². The van der Waals surface area contributed by atoms with Crippen LogP contribution in [0.2, 0.25) is 0 Å². The summed E-state index contributed by atoms with van der Waals surface area (Å²) in [5.74, 6) is 0.976. The molecule has 0 radical (unpaired) electrons. The van der Waals surface area contributed by atoms with Crippen LogP contribution in [0, 0.1) is 0 Å². The first-order chi connectivity index (χ1) is 7.90. The van der Waals surface area contributed by atoms with E-state index in [2.05, 4.69) is 40.8 Å². The van der Waals surface area contributed by atoms with Gasteiger partial charge in [0, 0.05) is 17.9 Å². The zero-order valence-electron chi connectivity index (χ0n) is 8.73. The highest BCUT2D eigenvalue weighted by Gasteiger charge is 2.26. The van der Waals surface area contributed by atoms with E-state index in [-0.39, 0.29) is 0 Å². The molecule has 1 N–H and O–H groups in total. The van der Waals surface area contributed by atoms with Crippen molar-refractivity contribution in [1.82, 2.24) is 19.9 Å². The number of fused-ring (bicyclic) bond motifs is 1. The Labute approximate surface area is 101 Å². The Kier molecular flexibility index (Phi) is 2.51. The third-order valence-corrected chi connectivity index (χ3v) is 3.78. The monoisotopic (exact) mass is 281 g/mol. The Morgan fingerprint density at radius 3 is 3.25 bits per heavy atom. The van der Waals surface area contributed by atoms with E-state index < -0.39 is 0 Å². The maximum atomic E-state index is 4.38. The van der Waals surface area contributed by atoms with Crippen molar-refractivity contribution in [3.05, 3.63) is 12.7 Å². The first kappa shape index (κ1) is 10.0. The van der Waals surface area contributed by atoms with Gasteiger partial charge in [-0.1, -0.05) is 15.9 Å². The zero-order chi connectivity index (χ0) is 11.0. The first-order valence-corrected chi connectivity index (χ1v) is 6.49. The highest BCUT2D eigenvalue weighted by molar-refractivity contribution is 9.09. The van der Waals surface area contributed by atoms with E-state index in [0.29, 0.717) is 6.04 Å². The van der Waals surface area contributed by atoms with Crippen molar-refractivity contribution in [3.63, 3.8) is 0 Å². The first-order valence-electron chi connectivity index (χ1n) is 5.37. The summed E-state index contributed by atoms with van der Waals surface area (Å²) in [6.07, 6.45) is 5.69. The van der Waals surface area contributed by atoms with Gasteiger partial charge in [0.25, 0.3) is 0 Å². The predicted octanol–water partition coefficient (Wildman–Crippen LogP) is 1.72. The molecule has 0 spiro atoms. The molecule has 2 aromatic heterocycles. The molecule has 84 valence electrons. The van der Waals surface area contributed by atoms with E-state index >= 15 is 0 Å². The van der Waals surface area contributed by atoms with Gasteiger partial charge in [0.05, 0.1) is 6.33 Å². The van der Waals surface area contributed by atoms with Crippen LogP contribution in [0.4, 0.5) is 5.82 Å². The van der Waals surface area contributed by atoms with Gasteiger partial charge in [-0.2, -0.15) is 0 Å². The van der Waals surface area contributed by atoms with E-state index in [4.69, 9.17) is 0 Å². The summed E-state index contributed by atoms with van der Waals surface area (Å²) in [6.45, 7) is 1.06. The maximum absolute atomic E-state index is 4.38. The van der Waals surface area contributed by atoms with Gasteiger partial charge >= 0.3 is 0 Å². The number of hydrogen-bond donors (Lipinski definition) is 1. The lowest BCUT2D eigenvalue weighted by Crippen LogP contribution is -2.31. The predicted molar refractivity (Wildman–Crippen MR) is 65.8 cm³/mol. The molecule has 0 aromatic carbocycles. The molecule has 1 unspecified atom stereocenters. The molecule has 5 nitrogen and oxygen atoms in total. The number of anilines is 1. The summed E-state index contributed by atoms with van der Waals surface area (Å²) in [7, 11) is 0. The summed E-state index contributed by atoms with van der Waals surface area (Å²) in [5, 5.41) is 0.979. The number of nitrogens with zero attached hydrogens (tertiary/aromatic N) is 4. The average Bonchev–Trinajstić information content (AvgIpc) is 2.96. The standard InChI is InChI=1S/C10H12BrN5/c11-4-7-2-1-3-16(7)10-8-9(13-5-12-8)14-6-15-10/h5-7H,1-4H2,(H,12,13,14,15). The second kappa shape index (κ2) is 4.01. The molecule has 1 saturated heterocycles. The summed E-state index contributed by atoms with van der Waals surface area (Å²) < 4.78 is 0. The molecule has 6 heteroatoms. The van der Waals surface area contributed by atoms with Crippen LogP contribution in [-0.2, 0) is 0 Å². The summed E-state index contributed by atoms with van der Waals surface area (Å²) >= 11 is 3.56. The molecule has 0 aliphatic carbocycles. The van der Waals surface area contributed by atoms with E-state index in [1.807, 2.05) is 0 Å². The van der Waals surface area contributed by atoms with Gasteiger partial charge in [-0.05, 0) is 12.8 Å². The quantitative estimate of drug-likeness (QED) is 0.852. The number of halogens is 1. The molecule has 3 heterocycles. The normalized spacial score (nSPS) is 20.8. The van der Waals surface area contributed by atoms with Crippen molar-refractivity contribution in [2.24, 2.45) is 0 Å². The lowest BCUT2D eigenvalue weighted by molar-refractivity contribution is 0.743. The molecular formula is C10H12BrN5. The fourth-order valence-corrected chi connectivity index (χ4v) is 2.92. The van der Waals surface area contributed by atoms with E-state index in [9.17, 15) is 0 Å². The van der Waals surface area contributed by atoms with Gasteiger partial charge in [-0.25, -0.2) is 15.0 Å². The fourth-order valence-electron chi connectivity index (χ4n) is 2.25. The van der Waals surface area contributed by atoms with Crippen LogP contribution < -0.4 is 4.90 Å². The molecule has 2 aromatic rings. The number of H-pyrrole nitrogens is 1.